The molecule has 0 spiro atoms. The van der Waals surface area contributed by atoms with E-state index in [9.17, 15) is 17.6 Å². The van der Waals surface area contributed by atoms with E-state index >= 15 is 0 Å². The zero-order valence-electron chi connectivity index (χ0n) is 18.6. The monoisotopic (exact) mass is 495 g/mol. The third kappa shape index (κ3) is 5.16. The van der Waals surface area contributed by atoms with E-state index in [0.717, 1.165) is 5.69 Å². The van der Waals surface area contributed by atoms with Crippen molar-refractivity contribution in [3.63, 3.8) is 0 Å². The van der Waals surface area contributed by atoms with Crippen LogP contribution < -0.4 is 4.90 Å². The minimum Gasteiger partial charge on any atom is -0.373 e. The SMILES string of the molecule is C[C@@H]1CN(S(=O)(=O)c2cc(C(=O)N3CCN(c4ccc(F)cc4)CC3)ccc2Cl)C[C@H](C)O1. The van der Waals surface area contributed by atoms with E-state index in [1.807, 2.05) is 13.8 Å². The Morgan fingerprint density at radius 2 is 1.61 bits per heavy atom. The van der Waals surface area contributed by atoms with E-state index in [0.29, 0.717) is 26.2 Å². The van der Waals surface area contributed by atoms with Crippen molar-refractivity contribution in [2.45, 2.75) is 31.0 Å². The van der Waals surface area contributed by atoms with E-state index in [4.69, 9.17) is 16.3 Å². The number of benzene rings is 2. The fraction of sp³-hybridized carbons (Fsp3) is 0.435. The minimum absolute atomic E-state index is 0.0683. The number of amides is 1. The van der Waals surface area contributed by atoms with Crippen molar-refractivity contribution in [2.75, 3.05) is 44.2 Å². The average Bonchev–Trinajstić information content (AvgIpc) is 2.79. The molecule has 4 rings (SSSR count). The molecule has 2 aliphatic rings. The van der Waals surface area contributed by atoms with Gasteiger partial charge in [0.05, 0.1) is 17.2 Å². The molecule has 2 heterocycles. The largest absolute Gasteiger partial charge is 0.373 e. The number of halogens is 2. The van der Waals surface area contributed by atoms with Crippen molar-refractivity contribution in [3.05, 3.63) is 58.9 Å². The van der Waals surface area contributed by atoms with Crippen LogP contribution in [0.4, 0.5) is 10.1 Å². The Morgan fingerprint density at radius 1 is 1.00 bits per heavy atom. The highest BCUT2D eigenvalue weighted by Gasteiger charge is 2.34. The molecule has 2 aromatic rings. The van der Waals surface area contributed by atoms with Crippen LogP contribution in [0.15, 0.2) is 47.4 Å². The predicted molar refractivity (Wildman–Crippen MR) is 125 cm³/mol. The Bertz CT molecular complexity index is 1110. The van der Waals surface area contributed by atoms with E-state index in [1.54, 1.807) is 23.1 Å². The number of carbonyl (C=O) groups excluding carboxylic acids is 1. The van der Waals surface area contributed by atoms with Crippen LogP contribution in [0.2, 0.25) is 5.02 Å². The third-order valence-corrected chi connectivity index (χ3v) is 8.25. The topological polar surface area (TPSA) is 70.2 Å². The van der Waals surface area contributed by atoms with Crippen LogP contribution in [0.5, 0.6) is 0 Å². The van der Waals surface area contributed by atoms with Crippen molar-refractivity contribution in [2.24, 2.45) is 0 Å². The van der Waals surface area contributed by atoms with Gasteiger partial charge in [-0.05, 0) is 56.3 Å². The van der Waals surface area contributed by atoms with Crippen LogP contribution in [0, 0.1) is 5.82 Å². The molecule has 1 amide bonds. The van der Waals surface area contributed by atoms with Gasteiger partial charge in [0.2, 0.25) is 10.0 Å². The van der Waals surface area contributed by atoms with Gasteiger partial charge in [-0.2, -0.15) is 4.31 Å². The van der Waals surface area contributed by atoms with Crippen molar-refractivity contribution >= 4 is 33.2 Å². The van der Waals surface area contributed by atoms with Gasteiger partial charge in [-0.15, -0.1) is 0 Å². The molecule has 7 nitrogen and oxygen atoms in total. The number of anilines is 1. The molecule has 10 heteroatoms. The van der Waals surface area contributed by atoms with Crippen LogP contribution in [0.3, 0.4) is 0 Å². The summed E-state index contributed by atoms with van der Waals surface area (Å²) < 4.78 is 46.8. The lowest BCUT2D eigenvalue weighted by Crippen LogP contribution is -2.49. The number of rotatable bonds is 4. The van der Waals surface area contributed by atoms with Gasteiger partial charge in [0, 0.05) is 50.5 Å². The second-order valence-corrected chi connectivity index (χ2v) is 10.8. The molecule has 0 radical (unpaired) electrons. The van der Waals surface area contributed by atoms with Crippen LogP contribution in [-0.4, -0.2) is 75.0 Å². The van der Waals surface area contributed by atoms with Gasteiger partial charge in [0.15, 0.2) is 0 Å². The maximum Gasteiger partial charge on any atom is 0.254 e. The van der Waals surface area contributed by atoms with Crippen molar-refractivity contribution in [3.8, 4) is 0 Å². The first-order chi connectivity index (χ1) is 15.6. The highest BCUT2D eigenvalue weighted by molar-refractivity contribution is 7.89. The summed E-state index contributed by atoms with van der Waals surface area (Å²) in [6, 6.07) is 10.7. The molecule has 0 unspecified atom stereocenters. The number of morpholine rings is 1. The summed E-state index contributed by atoms with van der Waals surface area (Å²) in [7, 11) is -3.88. The van der Waals surface area contributed by atoms with Crippen molar-refractivity contribution in [1.82, 2.24) is 9.21 Å². The normalized spacial score (nSPS) is 22.4. The molecule has 0 saturated carbocycles. The molecular formula is C23H27ClFN3O4S. The number of sulfonamides is 1. The Morgan fingerprint density at radius 3 is 2.21 bits per heavy atom. The lowest BCUT2D eigenvalue weighted by Gasteiger charge is -2.36. The Kier molecular flexibility index (Phi) is 6.95. The summed E-state index contributed by atoms with van der Waals surface area (Å²) >= 11 is 6.27. The van der Waals surface area contributed by atoms with Gasteiger partial charge in [-0.3, -0.25) is 4.79 Å². The maximum atomic E-state index is 13.3. The van der Waals surface area contributed by atoms with Gasteiger partial charge in [-0.25, -0.2) is 12.8 Å². The second-order valence-electron chi connectivity index (χ2n) is 8.48. The summed E-state index contributed by atoms with van der Waals surface area (Å²) in [6.07, 6.45) is -0.464. The van der Waals surface area contributed by atoms with E-state index in [2.05, 4.69) is 4.90 Å². The fourth-order valence-corrected chi connectivity index (χ4v) is 6.39. The molecule has 0 aliphatic carbocycles. The van der Waals surface area contributed by atoms with Crippen molar-refractivity contribution in [1.29, 1.82) is 0 Å². The van der Waals surface area contributed by atoms with Crippen LogP contribution in [0.25, 0.3) is 0 Å². The second kappa shape index (κ2) is 9.58. The summed E-state index contributed by atoms with van der Waals surface area (Å²) in [5, 5.41) is 0.0828. The molecule has 2 atom stereocenters. The van der Waals surface area contributed by atoms with Gasteiger partial charge in [0.1, 0.15) is 10.7 Å². The number of ether oxygens (including phenoxy) is 1. The number of carbonyl (C=O) groups is 1. The Labute approximate surface area is 198 Å². The molecule has 2 fully saturated rings. The highest BCUT2D eigenvalue weighted by atomic mass is 35.5. The maximum absolute atomic E-state index is 13.3. The highest BCUT2D eigenvalue weighted by Crippen LogP contribution is 2.29. The average molecular weight is 496 g/mol. The number of piperazine rings is 1. The molecule has 0 bridgehead atoms. The molecule has 2 saturated heterocycles. The van der Waals surface area contributed by atoms with Gasteiger partial charge < -0.3 is 14.5 Å². The molecule has 33 heavy (non-hydrogen) atoms. The van der Waals surface area contributed by atoms with Crippen LogP contribution in [0.1, 0.15) is 24.2 Å². The third-order valence-electron chi connectivity index (χ3n) is 5.94. The Balaban J connectivity index is 1.49. The fourth-order valence-electron chi connectivity index (χ4n) is 4.30. The predicted octanol–water partition coefficient (Wildman–Crippen LogP) is 3.24. The van der Waals surface area contributed by atoms with Crippen molar-refractivity contribution < 1.29 is 22.3 Å². The summed E-state index contributed by atoms with van der Waals surface area (Å²) in [5.41, 5.74) is 1.18. The number of hydrogen-bond acceptors (Lipinski definition) is 5. The minimum atomic E-state index is -3.88. The van der Waals surface area contributed by atoms with Gasteiger partial charge >= 0.3 is 0 Å². The molecular weight excluding hydrogens is 469 g/mol. The zero-order valence-corrected chi connectivity index (χ0v) is 20.2. The molecule has 2 aliphatic heterocycles. The first kappa shape index (κ1) is 23.9. The lowest BCUT2D eigenvalue weighted by molar-refractivity contribution is -0.0440. The smallest absolute Gasteiger partial charge is 0.254 e. The van der Waals surface area contributed by atoms with Crippen LogP contribution in [-0.2, 0) is 14.8 Å². The van der Waals surface area contributed by atoms with Gasteiger partial charge in [-0.1, -0.05) is 11.6 Å². The Hall–Kier alpha value is -2.20. The summed E-state index contributed by atoms with van der Waals surface area (Å²) in [5.74, 6) is -0.535. The zero-order chi connectivity index (χ0) is 23.8. The number of hydrogen-bond donors (Lipinski definition) is 0. The van der Waals surface area contributed by atoms with Crippen LogP contribution >= 0.6 is 11.6 Å². The van der Waals surface area contributed by atoms with E-state index in [-0.39, 0.29) is 52.5 Å². The molecule has 2 aromatic carbocycles. The quantitative estimate of drug-likeness (QED) is 0.651. The van der Waals surface area contributed by atoms with E-state index in [1.165, 1.54) is 28.6 Å². The first-order valence-electron chi connectivity index (χ1n) is 10.9. The molecule has 0 N–H and O–H groups in total. The van der Waals surface area contributed by atoms with E-state index < -0.39 is 10.0 Å². The summed E-state index contributed by atoms with van der Waals surface area (Å²) in [4.78, 5) is 16.9. The van der Waals surface area contributed by atoms with Gasteiger partial charge in [0.25, 0.3) is 5.91 Å². The first-order valence-corrected chi connectivity index (χ1v) is 12.7. The lowest BCUT2D eigenvalue weighted by atomic mass is 10.1. The molecule has 0 aromatic heterocycles. The standard InChI is InChI=1S/C23H27ClFN3O4S/c1-16-14-28(15-17(2)32-16)33(30,31)22-13-18(3-8-21(22)24)23(29)27-11-9-26(10-12-27)20-6-4-19(25)5-7-20/h3-8,13,16-17H,9-12,14-15H2,1-2H3/t16-,17+. The summed E-state index contributed by atoms with van der Waals surface area (Å²) in [6.45, 7) is 6.24. The molecule has 178 valence electrons. The number of nitrogens with zero attached hydrogens (tertiary/aromatic N) is 3.